The van der Waals surface area contributed by atoms with Gasteiger partial charge < -0.3 is 0 Å². The Bertz CT molecular complexity index is 3410. The Morgan fingerprint density at radius 3 is 0.600 bits per heavy atom. The van der Waals surface area contributed by atoms with Crippen LogP contribution in [0.15, 0.2) is 48.5 Å². The second kappa shape index (κ2) is 34.4. The standard InChI is InChI=1S/2C20H27N.2C19H25N.4C2H6/c2*1-12(2)17-11-19(13(3)4)21-20-14(5)16-9-7-6-8-15(16)10-18(17)20;2*1-11(2)16-10-18(12(3)4)20-19-13(5)15-8-6-7-14(15)9-17(16)19;4*1-2/h2*10-13H,6-9H2,1-5H3;2*9-12H,6-8H2,1-5H3;4*1-2H3. The van der Waals surface area contributed by atoms with Crippen molar-refractivity contribution in [2.75, 3.05) is 0 Å². The molecule has 0 fully saturated rings. The molecule has 0 amide bonds. The van der Waals surface area contributed by atoms with Crippen LogP contribution in [0, 0.1) is 27.7 Å². The summed E-state index contributed by atoms with van der Waals surface area (Å²) in [5.41, 5.74) is 34.2. The molecule has 0 bridgehead atoms. The van der Waals surface area contributed by atoms with Crippen molar-refractivity contribution in [1.82, 2.24) is 19.9 Å². The van der Waals surface area contributed by atoms with Crippen molar-refractivity contribution in [3.05, 3.63) is 160 Å². The molecule has 492 valence electrons. The number of rotatable bonds is 8. The average Bonchev–Trinajstić information content (AvgIpc) is 2.69. The number of nitrogens with zero attached hydrogens (tertiary/aromatic N) is 4. The third-order valence-electron chi connectivity index (χ3n) is 19.3. The van der Waals surface area contributed by atoms with Gasteiger partial charge in [0.05, 0.1) is 22.1 Å². The molecule has 12 rings (SSSR count). The van der Waals surface area contributed by atoms with Gasteiger partial charge in [0.15, 0.2) is 0 Å². The van der Waals surface area contributed by atoms with E-state index in [1.54, 1.807) is 44.5 Å². The van der Waals surface area contributed by atoms with Gasteiger partial charge in [-0.05, 0) is 302 Å². The van der Waals surface area contributed by atoms with Crippen LogP contribution in [0.4, 0.5) is 0 Å². The molecular weight excluding hydrogens is 1090 g/mol. The number of fused-ring (bicyclic) bond motifs is 8. The molecule has 0 spiro atoms. The first-order valence-electron chi connectivity index (χ1n) is 36.8. The van der Waals surface area contributed by atoms with Crippen molar-refractivity contribution >= 4 is 43.6 Å². The fraction of sp³-hybridized carbons (Fsp3) is 0.581. The number of hydrogen-bond donors (Lipinski definition) is 0. The topological polar surface area (TPSA) is 51.6 Å². The summed E-state index contributed by atoms with van der Waals surface area (Å²) in [5, 5.41) is 5.57. The highest BCUT2D eigenvalue weighted by Gasteiger charge is 2.24. The van der Waals surface area contributed by atoms with E-state index in [0.717, 1.165) is 0 Å². The summed E-state index contributed by atoms with van der Waals surface area (Å²) in [7, 11) is 0. The lowest BCUT2D eigenvalue weighted by molar-refractivity contribution is 0.683. The lowest BCUT2D eigenvalue weighted by atomic mass is 9.84. The number of hydrogen-bond acceptors (Lipinski definition) is 4. The van der Waals surface area contributed by atoms with E-state index in [-0.39, 0.29) is 0 Å². The Morgan fingerprint density at radius 2 is 0.411 bits per heavy atom. The van der Waals surface area contributed by atoms with E-state index in [4.69, 9.17) is 19.9 Å². The molecule has 0 saturated carbocycles. The van der Waals surface area contributed by atoms with Crippen LogP contribution in [0.3, 0.4) is 0 Å². The second-order valence-corrected chi connectivity index (χ2v) is 28.0. The van der Waals surface area contributed by atoms with Crippen LogP contribution in [0.1, 0.15) is 364 Å². The minimum atomic E-state index is 0.488. The summed E-state index contributed by atoms with van der Waals surface area (Å²) in [5.74, 6) is 4.16. The van der Waals surface area contributed by atoms with E-state index in [1.165, 1.54) is 201 Å². The fourth-order valence-corrected chi connectivity index (χ4v) is 14.2. The monoisotopic (exact) mass is 1220 g/mol. The Balaban J connectivity index is 0.000000210. The molecule has 0 atom stereocenters. The molecule has 8 aromatic rings. The molecule has 0 N–H and O–H groups in total. The van der Waals surface area contributed by atoms with Gasteiger partial charge in [0, 0.05) is 44.3 Å². The third-order valence-corrected chi connectivity index (χ3v) is 19.3. The van der Waals surface area contributed by atoms with Gasteiger partial charge in [0.2, 0.25) is 0 Å². The minimum Gasteiger partial charge on any atom is -0.252 e. The Labute approximate surface area is 551 Å². The maximum absolute atomic E-state index is 5.03. The summed E-state index contributed by atoms with van der Waals surface area (Å²) in [6.07, 6.45) is 17.9. The van der Waals surface area contributed by atoms with Crippen LogP contribution in [0.5, 0.6) is 0 Å². The fourth-order valence-electron chi connectivity index (χ4n) is 14.2. The zero-order valence-electron chi connectivity index (χ0n) is 62.9. The highest BCUT2D eigenvalue weighted by atomic mass is 14.7. The molecule has 4 heteroatoms. The lowest BCUT2D eigenvalue weighted by Crippen LogP contribution is -2.08. The van der Waals surface area contributed by atoms with Crippen LogP contribution in [0.25, 0.3) is 43.6 Å². The minimum absolute atomic E-state index is 0.488. The predicted molar refractivity (Wildman–Crippen MR) is 401 cm³/mol. The van der Waals surface area contributed by atoms with E-state index < -0.39 is 0 Å². The molecule has 4 aliphatic rings. The van der Waals surface area contributed by atoms with Crippen LogP contribution in [-0.4, -0.2) is 19.9 Å². The summed E-state index contributed by atoms with van der Waals surface area (Å²) in [4.78, 5) is 20.0. The van der Waals surface area contributed by atoms with E-state index in [1.807, 2.05) is 55.4 Å². The number of benzene rings is 4. The third kappa shape index (κ3) is 16.8. The number of pyridine rings is 4. The Kier molecular flexibility index (Phi) is 28.8. The molecule has 4 aromatic heterocycles. The van der Waals surface area contributed by atoms with Gasteiger partial charge in [-0.3, -0.25) is 19.9 Å². The van der Waals surface area contributed by atoms with Crippen molar-refractivity contribution in [3.63, 3.8) is 0 Å². The molecule has 4 aromatic carbocycles. The summed E-state index contributed by atoms with van der Waals surface area (Å²) in [6, 6.07) is 19.1. The summed E-state index contributed by atoms with van der Waals surface area (Å²) >= 11 is 0. The first kappa shape index (κ1) is 75.2. The first-order chi connectivity index (χ1) is 42.9. The summed E-state index contributed by atoms with van der Waals surface area (Å²) < 4.78 is 0. The number of aryl methyl sites for hydroxylation is 8. The largest absolute Gasteiger partial charge is 0.252 e. The first-order valence-corrected chi connectivity index (χ1v) is 36.8. The van der Waals surface area contributed by atoms with Crippen LogP contribution in [0.2, 0.25) is 0 Å². The lowest BCUT2D eigenvalue weighted by Gasteiger charge is -2.22. The average molecular weight is 1220 g/mol. The molecule has 0 saturated heterocycles. The quantitative estimate of drug-likeness (QED) is 0.152. The molecule has 4 nitrogen and oxygen atoms in total. The Hall–Kier alpha value is -5.48. The summed E-state index contributed by atoms with van der Waals surface area (Å²) in [6.45, 7) is 61.4. The Morgan fingerprint density at radius 1 is 0.233 bits per heavy atom. The predicted octanol–water partition coefficient (Wildman–Crippen LogP) is 26.0. The molecule has 0 unspecified atom stereocenters. The maximum atomic E-state index is 5.03. The van der Waals surface area contributed by atoms with Gasteiger partial charge in [-0.25, -0.2) is 0 Å². The van der Waals surface area contributed by atoms with E-state index in [2.05, 4.69) is 187 Å². The highest BCUT2D eigenvalue weighted by molar-refractivity contribution is 5.91. The second-order valence-electron chi connectivity index (χ2n) is 28.0. The molecular formula is C86H128N4. The zero-order valence-corrected chi connectivity index (χ0v) is 62.9. The van der Waals surface area contributed by atoms with Gasteiger partial charge in [0.25, 0.3) is 0 Å². The SMILES string of the molecule is CC.CC.CC.CC.Cc1c2c(cc3c(C(C)C)cc(C(C)C)nc13)CCC2.Cc1c2c(cc3c(C(C)C)cc(C(C)C)nc13)CCC2.Cc1c2c(cc3c(C(C)C)cc(C(C)C)nc13)CCCC2.Cc1c2c(cc3c(C(C)C)cc(C(C)C)nc13)CCCC2. The number of aromatic nitrogens is 4. The highest BCUT2D eigenvalue weighted by Crippen LogP contribution is 2.40. The van der Waals surface area contributed by atoms with Gasteiger partial charge in [-0.2, -0.15) is 0 Å². The van der Waals surface area contributed by atoms with Crippen molar-refractivity contribution in [2.24, 2.45) is 0 Å². The molecule has 0 aliphatic heterocycles. The van der Waals surface area contributed by atoms with Crippen molar-refractivity contribution in [1.29, 1.82) is 0 Å². The van der Waals surface area contributed by atoms with Gasteiger partial charge in [0.1, 0.15) is 0 Å². The van der Waals surface area contributed by atoms with Crippen molar-refractivity contribution < 1.29 is 0 Å². The van der Waals surface area contributed by atoms with Crippen molar-refractivity contribution in [2.45, 2.75) is 331 Å². The van der Waals surface area contributed by atoms with E-state index in [0.29, 0.717) is 47.3 Å². The molecule has 90 heavy (non-hydrogen) atoms. The molecule has 0 radical (unpaired) electrons. The van der Waals surface area contributed by atoms with E-state index >= 15 is 0 Å². The molecule has 4 heterocycles. The zero-order chi connectivity index (χ0) is 67.2. The molecule has 4 aliphatic carbocycles. The van der Waals surface area contributed by atoms with Crippen LogP contribution >= 0.6 is 0 Å². The normalized spacial score (nSPS) is 13.7. The van der Waals surface area contributed by atoms with Crippen LogP contribution < -0.4 is 0 Å². The van der Waals surface area contributed by atoms with Gasteiger partial charge >= 0.3 is 0 Å². The van der Waals surface area contributed by atoms with Crippen molar-refractivity contribution in [3.8, 4) is 0 Å². The van der Waals surface area contributed by atoms with E-state index in [9.17, 15) is 0 Å². The van der Waals surface area contributed by atoms with Crippen LogP contribution in [-0.2, 0) is 51.4 Å². The van der Waals surface area contributed by atoms with Gasteiger partial charge in [-0.1, -0.05) is 166 Å². The smallest absolute Gasteiger partial charge is 0.0740 e. The maximum Gasteiger partial charge on any atom is 0.0740 e. The van der Waals surface area contributed by atoms with Gasteiger partial charge in [-0.15, -0.1) is 0 Å².